The molecule has 1 aliphatic heterocycles. The second-order valence-electron chi connectivity index (χ2n) is 7.66. The summed E-state index contributed by atoms with van der Waals surface area (Å²) in [6.45, 7) is 3.27. The first kappa shape index (κ1) is 13.8. The van der Waals surface area contributed by atoms with Crippen LogP contribution in [0.15, 0.2) is 11.0 Å². The first-order valence-electron chi connectivity index (χ1n) is 9.02. The van der Waals surface area contributed by atoms with Crippen molar-refractivity contribution >= 4 is 11.0 Å². The average molecular weight is 312 g/mol. The zero-order valence-electron chi connectivity index (χ0n) is 13.8. The zero-order valence-corrected chi connectivity index (χ0v) is 13.8. The maximum Gasteiger partial charge on any atom is 0.256 e. The monoisotopic (exact) mass is 312 g/mol. The van der Waals surface area contributed by atoms with Crippen molar-refractivity contribution in [3.63, 3.8) is 0 Å². The number of rotatable bonds is 3. The van der Waals surface area contributed by atoms with Gasteiger partial charge in [0.2, 0.25) is 0 Å². The van der Waals surface area contributed by atoms with Crippen LogP contribution in [0, 0.1) is 5.92 Å². The Labute approximate surface area is 135 Å². The molecule has 0 amide bonds. The van der Waals surface area contributed by atoms with Gasteiger partial charge < -0.3 is 0 Å². The number of aryl methyl sites for hydroxylation is 2. The molecule has 2 aromatic rings. The molecule has 5 heteroatoms. The van der Waals surface area contributed by atoms with E-state index < -0.39 is 0 Å². The van der Waals surface area contributed by atoms with E-state index in [9.17, 15) is 4.79 Å². The Morgan fingerprint density at radius 3 is 2.65 bits per heavy atom. The smallest absolute Gasteiger partial charge is 0.256 e. The highest BCUT2D eigenvalue weighted by Crippen LogP contribution is 2.34. The van der Waals surface area contributed by atoms with Gasteiger partial charge in [-0.05, 0) is 50.0 Å². The molecule has 122 valence electrons. The number of aromatic nitrogens is 3. The second kappa shape index (κ2) is 4.94. The summed E-state index contributed by atoms with van der Waals surface area (Å²) in [7, 11) is 1.97. The van der Waals surface area contributed by atoms with Gasteiger partial charge in [0.1, 0.15) is 5.65 Å². The van der Waals surface area contributed by atoms with E-state index in [0.717, 1.165) is 49.5 Å². The minimum atomic E-state index is 0.256. The fourth-order valence-corrected chi connectivity index (χ4v) is 4.47. The van der Waals surface area contributed by atoms with Crippen molar-refractivity contribution in [2.45, 2.75) is 44.6 Å². The maximum absolute atomic E-state index is 13.2. The molecule has 1 saturated heterocycles. The molecule has 0 radical (unpaired) electrons. The van der Waals surface area contributed by atoms with Gasteiger partial charge in [-0.1, -0.05) is 0 Å². The highest BCUT2D eigenvalue weighted by atomic mass is 16.1. The summed E-state index contributed by atoms with van der Waals surface area (Å²) in [5, 5.41) is 5.68. The number of likely N-dealkylation sites (tertiary alicyclic amines) is 1. The predicted octanol–water partition coefficient (Wildman–Crippen LogP) is 1.88. The summed E-state index contributed by atoms with van der Waals surface area (Å²) in [4.78, 5) is 15.7. The van der Waals surface area contributed by atoms with Gasteiger partial charge in [-0.15, -0.1) is 0 Å². The van der Waals surface area contributed by atoms with Gasteiger partial charge in [0.15, 0.2) is 0 Å². The number of hydrogen-bond donors (Lipinski definition) is 0. The Balaban J connectivity index is 1.58. The second-order valence-corrected chi connectivity index (χ2v) is 7.66. The molecule has 2 fully saturated rings. The summed E-state index contributed by atoms with van der Waals surface area (Å²) >= 11 is 0. The minimum absolute atomic E-state index is 0.256. The fraction of sp³-hybridized carbons (Fsp3) is 0.667. The highest BCUT2D eigenvalue weighted by molar-refractivity contribution is 5.81. The number of nitrogens with zero attached hydrogens (tertiary/aromatic N) is 4. The first-order valence-corrected chi connectivity index (χ1v) is 9.02. The summed E-state index contributed by atoms with van der Waals surface area (Å²) in [6, 6.07) is 0.325. The third-order valence-electron chi connectivity index (χ3n) is 5.92. The van der Waals surface area contributed by atoms with Gasteiger partial charge in [-0.2, -0.15) is 5.10 Å². The van der Waals surface area contributed by atoms with E-state index in [4.69, 9.17) is 0 Å². The molecule has 0 aromatic carbocycles. The van der Waals surface area contributed by atoms with Crippen molar-refractivity contribution in [2.24, 2.45) is 13.0 Å². The molecule has 5 rings (SSSR count). The Kier molecular flexibility index (Phi) is 2.96. The van der Waals surface area contributed by atoms with Crippen LogP contribution in [0.4, 0.5) is 0 Å². The van der Waals surface area contributed by atoms with Gasteiger partial charge in [0.05, 0.1) is 12.2 Å². The van der Waals surface area contributed by atoms with Crippen molar-refractivity contribution in [3.8, 4) is 0 Å². The highest BCUT2D eigenvalue weighted by Gasteiger charge is 2.35. The van der Waals surface area contributed by atoms with Crippen molar-refractivity contribution < 1.29 is 0 Å². The van der Waals surface area contributed by atoms with E-state index in [1.807, 2.05) is 17.9 Å². The lowest BCUT2D eigenvalue weighted by molar-refractivity contribution is 0.101. The molecule has 2 aliphatic carbocycles. The molecule has 0 spiro atoms. The molecule has 2 aromatic heterocycles. The van der Waals surface area contributed by atoms with Crippen LogP contribution in [0.2, 0.25) is 0 Å². The quantitative estimate of drug-likeness (QED) is 0.869. The molecule has 23 heavy (non-hydrogen) atoms. The van der Waals surface area contributed by atoms with Crippen LogP contribution in [0.3, 0.4) is 0 Å². The van der Waals surface area contributed by atoms with Gasteiger partial charge in [-0.3, -0.25) is 18.9 Å². The Hall–Kier alpha value is -1.62. The molecule has 3 aliphatic rings. The average Bonchev–Trinajstić information content (AvgIpc) is 3.27. The van der Waals surface area contributed by atoms with E-state index in [1.165, 1.54) is 36.8 Å². The summed E-state index contributed by atoms with van der Waals surface area (Å²) < 4.78 is 3.96. The van der Waals surface area contributed by atoms with Crippen molar-refractivity contribution in [2.75, 3.05) is 19.6 Å². The van der Waals surface area contributed by atoms with Crippen molar-refractivity contribution in [1.29, 1.82) is 0 Å². The summed E-state index contributed by atoms with van der Waals surface area (Å²) in [5.74, 6) is 0.924. The molecule has 3 heterocycles. The molecule has 0 bridgehead atoms. The normalized spacial score (nSPS) is 22.3. The predicted molar refractivity (Wildman–Crippen MR) is 89.8 cm³/mol. The van der Waals surface area contributed by atoms with Crippen LogP contribution in [-0.2, 0) is 19.9 Å². The van der Waals surface area contributed by atoms with Crippen LogP contribution in [0.25, 0.3) is 11.0 Å². The Morgan fingerprint density at radius 1 is 1.17 bits per heavy atom. The van der Waals surface area contributed by atoms with Gasteiger partial charge in [-0.25, -0.2) is 0 Å². The molecule has 1 saturated carbocycles. The van der Waals surface area contributed by atoms with Crippen molar-refractivity contribution in [1.82, 2.24) is 19.2 Å². The van der Waals surface area contributed by atoms with Crippen LogP contribution in [-0.4, -0.2) is 38.9 Å². The largest absolute Gasteiger partial charge is 0.299 e. The minimum Gasteiger partial charge on any atom is -0.299 e. The molecule has 0 unspecified atom stereocenters. The Bertz CT molecular complexity index is 824. The zero-order chi connectivity index (χ0) is 15.6. The van der Waals surface area contributed by atoms with E-state index in [2.05, 4.69) is 14.6 Å². The lowest BCUT2D eigenvalue weighted by Gasteiger charge is -2.41. The maximum atomic E-state index is 13.2. The van der Waals surface area contributed by atoms with Gasteiger partial charge in [0.25, 0.3) is 5.56 Å². The van der Waals surface area contributed by atoms with Gasteiger partial charge in [0, 0.05) is 37.6 Å². The van der Waals surface area contributed by atoms with E-state index >= 15 is 0 Å². The number of hydrogen-bond acceptors (Lipinski definition) is 3. The van der Waals surface area contributed by atoms with E-state index in [1.54, 1.807) is 0 Å². The molecule has 0 N–H and O–H groups in total. The number of fused-ring (bicyclic) bond motifs is 3. The van der Waals surface area contributed by atoms with Crippen LogP contribution >= 0.6 is 0 Å². The molecule has 0 atom stereocenters. The number of pyridine rings is 1. The first-order chi connectivity index (χ1) is 11.2. The van der Waals surface area contributed by atoms with Gasteiger partial charge >= 0.3 is 0 Å². The summed E-state index contributed by atoms with van der Waals surface area (Å²) in [5.41, 5.74) is 3.63. The molecular formula is C18H24N4O. The van der Waals surface area contributed by atoms with Crippen molar-refractivity contribution in [3.05, 3.63) is 27.7 Å². The molecular weight excluding hydrogens is 288 g/mol. The Morgan fingerprint density at radius 2 is 1.91 bits per heavy atom. The topological polar surface area (TPSA) is 43.1 Å². The lowest BCUT2D eigenvalue weighted by Crippen LogP contribution is -2.51. The van der Waals surface area contributed by atoms with E-state index in [-0.39, 0.29) is 5.56 Å². The third-order valence-corrected chi connectivity index (χ3v) is 5.92. The summed E-state index contributed by atoms with van der Waals surface area (Å²) in [6.07, 6.45) is 9.07. The fourth-order valence-electron chi connectivity index (χ4n) is 4.47. The third kappa shape index (κ3) is 2.09. The van der Waals surface area contributed by atoms with Crippen LogP contribution < -0.4 is 5.56 Å². The standard InChI is InChI=1S/C18H24N4O/c1-20-17-16(8-19-20)14-4-2-3-5-15(14)18(23)22(17)13-10-21(11-13)9-12-6-7-12/h8,12-13H,2-7,9-11H2,1H3. The molecule has 5 nitrogen and oxygen atoms in total. The lowest BCUT2D eigenvalue weighted by atomic mass is 9.90. The van der Waals surface area contributed by atoms with Crippen LogP contribution in [0.5, 0.6) is 0 Å². The SMILES string of the molecule is Cn1ncc2c3c(c(=O)n(C4CN(CC5CC5)C4)c21)CCCC3. The van der Waals surface area contributed by atoms with E-state index in [0.29, 0.717) is 6.04 Å². The van der Waals surface area contributed by atoms with Crippen LogP contribution in [0.1, 0.15) is 42.9 Å².